The summed E-state index contributed by atoms with van der Waals surface area (Å²) in [7, 11) is 3.67. The Hall–Kier alpha value is -0.360. The van der Waals surface area contributed by atoms with Gasteiger partial charge in [0.05, 0.1) is 11.6 Å². The number of ether oxygens (including phenoxy) is 1. The van der Waals surface area contributed by atoms with Crippen LogP contribution in [0, 0.1) is 0 Å². The summed E-state index contributed by atoms with van der Waals surface area (Å²) in [5.41, 5.74) is 1.27. The van der Waals surface area contributed by atoms with Crippen molar-refractivity contribution in [3.63, 3.8) is 0 Å². The molecular weight excluding hydrogens is 390 g/mol. The van der Waals surface area contributed by atoms with E-state index in [0.717, 1.165) is 16.6 Å². The largest absolute Gasteiger partial charge is 0.496 e. The lowest BCUT2D eigenvalue weighted by molar-refractivity contribution is 0.412. The van der Waals surface area contributed by atoms with Crippen LogP contribution in [0.5, 0.6) is 5.75 Å². The van der Waals surface area contributed by atoms with Crippen molar-refractivity contribution in [2.45, 2.75) is 12.5 Å². The highest BCUT2D eigenvalue weighted by Gasteiger charge is 2.15. The third-order valence-corrected chi connectivity index (χ3v) is 5.57. The molecule has 0 saturated heterocycles. The van der Waals surface area contributed by atoms with Crippen LogP contribution < -0.4 is 10.1 Å². The Balaban J connectivity index is 2.19. The lowest BCUT2D eigenvalue weighted by atomic mass is 10.0. The molecule has 2 rings (SSSR count). The van der Waals surface area contributed by atoms with Crippen molar-refractivity contribution in [1.29, 1.82) is 0 Å². The van der Waals surface area contributed by atoms with E-state index in [2.05, 4.69) is 60.8 Å². The van der Waals surface area contributed by atoms with Crippen LogP contribution in [-0.2, 0) is 6.42 Å². The molecule has 102 valence electrons. The van der Waals surface area contributed by atoms with Crippen LogP contribution in [0.15, 0.2) is 38.6 Å². The summed E-state index contributed by atoms with van der Waals surface area (Å²) in [4.78, 5) is 1.33. The second-order valence-electron chi connectivity index (χ2n) is 4.15. The van der Waals surface area contributed by atoms with Crippen molar-refractivity contribution in [3.05, 3.63) is 49.0 Å². The Morgan fingerprint density at radius 3 is 2.58 bits per heavy atom. The molecule has 0 aliphatic heterocycles. The van der Waals surface area contributed by atoms with Gasteiger partial charge in [-0.05, 0) is 74.5 Å². The van der Waals surface area contributed by atoms with E-state index in [0.29, 0.717) is 6.04 Å². The van der Waals surface area contributed by atoms with Crippen molar-refractivity contribution < 1.29 is 4.74 Å². The van der Waals surface area contributed by atoms with E-state index in [9.17, 15) is 0 Å². The standard InChI is InChI=1S/C14H15Br2NOS/c1-17-12(14-10(15)5-6-19-14)8-9-3-4-13(18-2)11(16)7-9/h3-7,12,17H,8H2,1-2H3. The smallest absolute Gasteiger partial charge is 0.133 e. The first-order chi connectivity index (χ1) is 9.15. The van der Waals surface area contributed by atoms with Crippen LogP contribution in [0.2, 0.25) is 0 Å². The lowest BCUT2D eigenvalue weighted by Gasteiger charge is -2.16. The number of benzene rings is 1. The highest BCUT2D eigenvalue weighted by atomic mass is 79.9. The molecule has 1 aromatic heterocycles. The second kappa shape index (κ2) is 6.88. The number of methoxy groups -OCH3 is 1. The van der Waals surface area contributed by atoms with Gasteiger partial charge >= 0.3 is 0 Å². The average molecular weight is 405 g/mol. The quantitative estimate of drug-likeness (QED) is 0.773. The summed E-state index contributed by atoms with van der Waals surface area (Å²) >= 11 is 8.90. The van der Waals surface area contributed by atoms with Gasteiger partial charge in [0.2, 0.25) is 0 Å². The second-order valence-corrected chi connectivity index (χ2v) is 6.80. The zero-order valence-corrected chi connectivity index (χ0v) is 14.7. The molecule has 0 fully saturated rings. The fraction of sp³-hybridized carbons (Fsp3) is 0.286. The first-order valence-electron chi connectivity index (χ1n) is 5.88. The first-order valence-corrected chi connectivity index (χ1v) is 8.35. The lowest BCUT2D eigenvalue weighted by Crippen LogP contribution is -2.18. The van der Waals surface area contributed by atoms with Gasteiger partial charge in [0, 0.05) is 15.4 Å². The van der Waals surface area contributed by atoms with Crippen molar-refractivity contribution in [1.82, 2.24) is 5.32 Å². The minimum absolute atomic E-state index is 0.315. The molecule has 0 bridgehead atoms. The van der Waals surface area contributed by atoms with Crippen LogP contribution in [0.4, 0.5) is 0 Å². The maximum Gasteiger partial charge on any atom is 0.133 e. The summed E-state index contributed by atoms with van der Waals surface area (Å²) in [5.74, 6) is 0.863. The minimum atomic E-state index is 0.315. The number of halogens is 2. The molecule has 0 spiro atoms. The van der Waals surface area contributed by atoms with Gasteiger partial charge in [-0.2, -0.15) is 0 Å². The summed E-state index contributed by atoms with van der Waals surface area (Å²) in [6, 6.07) is 8.62. The monoisotopic (exact) mass is 403 g/mol. The molecule has 1 unspecified atom stereocenters. The molecule has 1 atom stereocenters. The number of hydrogen-bond donors (Lipinski definition) is 1. The summed E-state index contributed by atoms with van der Waals surface area (Å²) in [5, 5.41) is 5.48. The molecule has 0 amide bonds. The van der Waals surface area contributed by atoms with Crippen LogP contribution >= 0.6 is 43.2 Å². The van der Waals surface area contributed by atoms with Crippen molar-refractivity contribution >= 4 is 43.2 Å². The van der Waals surface area contributed by atoms with Crippen molar-refractivity contribution in [2.75, 3.05) is 14.2 Å². The van der Waals surface area contributed by atoms with Gasteiger partial charge in [-0.3, -0.25) is 0 Å². The van der Waals surface area contributed by atoms with Gasteiger partial charge < -0.3 is 10.1 Å². The molecule has 1 aromatic carbocycles. The summed E-state index contributed by atoms with van der Waals surface area (Å²) in [6.45, 7) is 0. The van der Waals surface area contributed by atoms with Crippen molar-refractivity contribution in [3.8, 4) is 5.75 Å². The number of hydrogen-bond acceptors (Lipinski definition) is 3. The topological polar surface area (TPSA) is 21.3 Å². The third kappa shape index (κ3) is 3.60. The van der Waals surface area contributed by atoms with Gasteiger partial charge in [-0.15, -0.1) is 11.3 Å². The van der Waals surface area contributed by atoms with E-state index in [4.69, 9.17) is 4.74 Å². The highest BCUT2D eigenvalue weighted by molar-refractivity contribution is 9.10. The number of likely N-dealkylation sites (N-methyl/N-ethyl adjacent to an activating group) is 1. The van der Waals surface area contributed by atoms with Gasteiger partial charge in [-0.25, -0.2) is 0 Å². The van der Waals surface area contributed by atoms with E-state index in [-0.39, 0.29) is 0 Å². The molecule has 1 heterocycles. The van der Waals surface area contributed by atoms with E-state index in [1.165, 1.54) is 14.9 Å². The molecule has 0 aliphatic carbocycles. The maximum atomic E-state index is 5.25. The fourth-order valence-corrected chi connectivity index (χ4v) is 4.30. The zero-order chi connectivity index (χ0) is 13.8. The molecular formula is C14H15Br2NOS. The number of nitrogens with one attached hydrogen (secondary N) is 1. The molecule has 0 radical (unpaired) electrons. The predicted molar refractivity (Wildman–Crippen MR) is 88.2 cm³/mol. The Morgan fingerprint density at radius 2 is 2.05 bits per heavy atom. The minimum Gasteiger partial charge on any atom is -0.496 e. The fourth-order valence-electron chi connectivity index (χ4n) is 1.95. The van der Waals surface area contributed by atoms with Gasteiger partial charge in [0.1, 0.15) is 5.75 Å². The normalized spacial score (nSPS) is 12.4. The van der Waals surface area contributed by atoms with E-state index < -0.39 is 0 Å². The first kappa shape index (κ1) is 15.0. The number of rotatable bonds is 5. The average Bonchev–Trinajstić information content (AvgIpc) is 2.82. The van der Waals surface area contributed by atoms with Crippen LogP contribution in [0.3, 0.4) is 0 Å². The molecule has 19 heavy (non-hydrogen) atoms. The third-order valence-electron chi connectivity index (χ3n) is 2.97. The molecule has 2 aromatic rings. The summed E-state index contributed by atoms with van der Waals surface area (Å²) < 4.78 is 7.42. The Labute approximate surface area is 134 Å². The van der Waals surface area contributed by atoms with E-state index in [1.54, 1.807) is 18.4 Å². The Kier molecular flexibility index (Phi) is 5.45. The highest BCUT2D eigenvalue weighted by Crippen LogP contribution is 2.32. The molecule has 2 nitrogen and oxygen atoms in total. The van der Waals surface area contributed by atoms with Gasteiger partial charge in [-0.1, -0.05) is 6.07 Å². The van der Waals surface area contributed by atoms with E-state index in [1.807, 2.05) is 13.1 Å². The van der Waals surface area contributed by atoms with Gasteiger partial charge in [0.25, 0.3) is 0 Å². The SMILES string of the molecule is CNC(Cc1ccc(OC)c(Br)c1)c1sccc1Br. The molecule has 0 saturated carbocycles. The van der Waals surface area contributed by atoms with Crippen LogP contribution in [0.25, 0.3) is 0 Å². The van der Waals surface area contributed by atoms with Crippen LogP contribution in [-0.4, -0.2) is 14.2 Å². The van der Waals surface area contributed by atoms with E-state index >= 15 is 0 Å². The summed E-state index contributed by atoms with van der Waals surface area (Å²) in [6.07, 6.45) is 0.943. The zero-order valence-electron chi connectivity index (χ0n) is 10.7. The Bertz CT molecular complexity index is 556. The number of thiophene rings is 1. The van der Waals surface area contributed by atoms with Gasteiger partial charge in [0.15, 0.2) is 0 Å². The van der Waals surface area contributed by atoms with Crippen LogP contribution in [0.1, 0.15) is 16.5 Å². The predicted octanol–water partition coefficient (Wildman–Crippen LogP) is 4.78. The van der Waals surface area contributed by atoms with Crippen molar-refractivity contribution in [2.24, 2.45) is 0 Å². The maximum absolute atomic E-state index is 5.25. The molecule has 0 aliphatic rings. The molecule has 1 N–H and O–H groups in total. The Morgan fingerprint density at radius 1 is 1.26 bits per heavy atom. The molecule has 5 heteroatoms.